The lowest BCUT2D eigenvalue weighted by atomic mass is 9.92. The molecule has 0 aliphatic rings. The van der Waals surface area contributed by atoms with Crippen LogP contribution in [-0.4, -0.2) is 16.7 Å². The van der Waals surface area contributed by atoms with Gasteiger partial charge in [-0.3, -0.25) is 0 Å². The summed E-state index contributed by atoms with van der Waals surface area (Å²) in [6.45, 7) is 10.3. The minimum absolute atomic E-state index is 0.195. The van der Waals surface area contributed by atoms with Gasteiger partial charge in [-0.15, -0.1) is 10.2 Å². The van der Waals surface area contributed by atoms with Crippen molar-refractivity contribution in [2.75, 3.05) is 6.54 Å². The summed E-state index contributed by atoms with van der Waals surface area (Å²) < 4.78 is 5.52. The summed E-state index contributed by atoms with van der Waals surface area (Å²) in [5.74, 6) is 1.42. The van der Waals surface area contributed by atoms with Crippen molar-refractivity contribution >= 4 is 0 Å². The second-order valence-corrected chi connectivity index (χ2v) is 5.00. The van der Waals surface area contributed by atoms with Crippen LogP contribution in [0.25, 0.3) is 0 Å². The van der Waals surface area contributed by atoms with Crippen LogP contribution in [0.15, 0.2) is 4.42 Å². The van der Waals surface area contributed by atoms with Gasteiger partial charge in [-0.05, 0) is 18.4 Å². The van der Waals surface area contributed by atoms with Gasteiger partial charge in [0.15, 0.2) is 0 Å². The first-order valence-electron chi connectivity index (χ1n) is 5.53. The molecule has 0 fully saturated rings. The Balaban J connectivity index is 2.42. The molecule has 0 aliphatic carbocycles. The lowest BCUT2D eigenvalue weighted by Crippen LogP contribution is -2.13. The highest BCUT2D eigenvalue weighted by Crippen LogP contribution is 2.19. The van der Waals surface area contributed by atoms with E-state index in [-0.39, 0.29) is 5.41 Å². The molecule has 0 aromatic carbocycles. The summed E-state index contributed by atoms with van der Waals surface area (Å²) in [6.07, 6.45) is 1.94. The fraction of sp³-hybridized carbons (Fsp3) is 0.818. The monoisotopic (exact) mass is 211 g/mol. The zero-order valence-corrected chi connectivity index (χ0v) is 10.1. The van der Waals surface area contributed by atoms with E-state index < -0.39 is 0 Å². The highest BCUT2D eigenvalue weighted by molar-refractivity contribution is 4.85. The SMILES string of the molecule is CCCNCc1nnc(CC(C)(C)C)o1. The van der Waals surface area contributed by atoms with Crippen molar-refractivity contribution < 1.29 is 4.42 Å². The Kier molecular flexibility index (Phi) is 4.27. The quantitative estimate of drug-likeness (QED) is 0.758. The molecule has 86 valence electrons. The largest absolute Gasteiger partial charge is 0.424 e. The van der Waals surface area contributed by atoms with E-state index in [9.17, 15) is 0 Å². The topological polar surface area (TPSA) is 51.0 Å². The molecule has 0 aliphatic heterocycles. The minimum Gasteiger partial charge on any atom is -0.424 e. The third-order valence-electron chi connectivity index (χ3n) is 1.89. The van der Waals surface area contributed by atoms with Gasteiger partial charge in [0.1, 0.15) is 0 Å². The second kappa shape index (κ2) is 5.26. The van der Waals surface area contributed by atoms with Gasteiger partial charge in [-0.2, -0.15) is 0 Å². The Morgan fingerprint density at radius 2 is 1.87 bits per heavy atom. The molecule has 0 atom stereocenters. The van der Waals surface area contributed by atoms with E-state index in [1.165, 1.54) is 0 Å². The average Bonchev–Trinajstić information content (AvgIpc) is 2.50. The van der Waals surface area contributed by atoms with Crippen molar-refractivity contribution in [1.82, 2.24) is 15.5 Å². The smallest absolute Gasteiger partial charge is 0.230 e. The van der Waals surface area contributed by atoms with Gasteiger partial charge in [0.25, 0.3) is 0 Å². The van der Waals surface area contributed by atoms with Crippen molar-refractivity contribution in [2.45, 2.75) is 47.1 Å². The molecule has 15 heavy (non-hydrogen) atoms. The van der Waals surface area contributed by atoms with Crippen LogP contribution < -0.4 is 5.32 Å². The van der Waals surface area contributed by atoms with Crippen LogP contribution in [0.1, 0.15) is 45.9 Å². The molecular weight excluding hydrogens is 190 g/mol. The third-order valence-corrected chi connectivity index (χ3v) is 1.89. The first-order valence-corrected chi connectivity index (χ1v) is 5.53. The van der Waals surface area contributed by atoms with Gasteiger partial charge in [0, 0.05) is 6.42 Å². The number of rotatable bonds is 5. The standard InChI is InChI=1S/C11H21N3O/c1-5-6-12-8-10-14-13-9(15-10)7-11(2,3)4/h12H,5-8H2,1-4H3. The predicted octanol–water partition coefficient (Wildman–Crippen LogP) is 2.16. The van der Waals surface area contributed by atoms with E-state index in [1.54, 1.807) is 0 Å². The van der Waals surface area contributed by atoms with Gasteiger partial charge in [-0.1, -0.05) is 27.7 Å². The lowest BCUT2D eigenvalue weighted by molar-refractivity contribution is 0.342. The maximum atomic E-state index is 5.52. The Hall–Kier alpha value is -0.900. The Morgan fingerprint density at radius 3 is 2.47 bits per heavy atom. The number of hydrogen-bond acceptors (Lipinski definition) is 4. The first kappa shape index (κ1) is 12.2. The number of hydrogen-bond donors (Lipinski definition) is 1. The van der Waals surface area contributed by atoms with Crippen molar-refractivity contribution in [3.8, 4) is 0 Å². The van der Waals surface area contributed by atoms with Gasteiger partial charge in [0.05, 0.1) is 6.54 Å². The molecular formula is C11H21N3O. The summed E-state index contributed by atoms with van der Waals surface area (Å²) in [4.78, 5) is 0. The summed E-state index contributed by atoms with van der Waals surface area (Å²) in [6, 6.07) is 0. The van der Waals surface area contributed by atoms with E-state index in [2.05, 4.69) is 43.2 Å². The molecule has 0 spiro atoms. The van der Waals surface area contributed by atoms with Crippen molar-refractivity contribution in [1.29, 1.82) is 0 Å². The molecule has 0 saturated carbocycles. The van der Waals surface area contributed by atoms with E-state index in [0.717, 1.165) is 25.3 Å². The molecule has 1 aromatic heterocycles. The zero-order chi connectivity index (χ0) is 11.3. The normalized spacial score (nSPS) is 12.0. The molecule has 4 heteroatoms. The molecule has 0 saturated heterocycles. The molecule has 0 unspecified atom stereocenters. The number of aromatic nitrogens is 2. The Bertz CT molecular complexity index is 288. The molecule has 0 radical (unpaired) electrons. The van der Waals surface area contributed by atoms with Crippen LogP contribution in [0, 0.1) is 5.41 Å². The average molecular weight is 211 g/mol. The second-order valence-electron chi connectivity index (χ2n) is 5.00. The van der Waals surface area contributed by atoms with Crippen molar-refractivity contribution in [2.24, 2.45) is 5.41 Å². The van der Waals surface area contributed by atoms with Crippen LogP contribution in [0.2, 0.25) is 0 Å². The Labute approximate surface area is 91.5 Å². The number of nitrogens with zero attached hydrogens (tertiary/aromatic N) is 2. The highest BCUT2D eigenvalue weighted by atomic mass is 16.4. The molecule has 1 rings (SSSR count). The first-order chi connectivity index (χ1) is 7.01. The Morgan fingerprint density at radius 1 is 1.20 bits per heavy atom. The predicted molar refractivity (Wildman–Crippen MR) is 59.5 cm³/mol. The molecule has 1 aromatic rings. The fourth-order valence-electron chi connectivity index (χ4n) is 1.26. The van der Waals surface area contributed by atoms with Crippen LogP contribution in [-0.2, 0) is 13.0 Å². The summed E-state index contributed by atoms with van der Waals surface area (Å²) in [5.41, 5.74) is 0.195. The van der Waals surface area contributed by atoms with E-state index >= 15 is 0 Å². The summed E-state index contributed by atoms with van der Waals surface area (Å²) in [5, 5.41) is 11.2. The molecule has 0 amide bonds. The van der Waals surface area contributed by atoms with E-state index in [0.29, 0.717) is 12.4 Å². The van der Waals surface area contributed by atoms with Gasteiger partial charge in [-0.25, -0.2) is 0 Å². The summed E-state index contributed by atoms with van der Waals surface area (Å²) in [7, 11) is 0. The zero-order valence-electron chi connectivity index (χ0n) is 10.1. The van der Waals surface area contributed by atoms with Gasteiger partial charge in [0.2, 0.25) is 11.8 Å². The highest BCUT2D eigenvalue weighted by Gasteiger charge is 2.16. The van der Waals surface area contributed by atoms with Gasteiger partial charge >= 0.3 is 0 Å². The molecule has 1 N–H and O–H groups in total. The third kappa shape index (κ3) is 4.93. The molecule has 0 bridgehead atoms. The minimum atomic E-state index is 0.195. The maximum absolute atomic E-state index is 5.52. The van der Waals surface area contributed by atoms with Crippen LogP contribution in [0.5, 0.6) is 0 Å². The van der Waals surface area contributed by atoms with Crippen LogP contribution in [0.4, 0.5) is 0 Å². The van der Waals surface area contributed by atoms with Crippen molar-refractivity contribution in [3.63, 3.8) is 0 Å². The van der Waals surface area contributed by atoms with Gasteiger partial charge < -0.3 is 9.73 Å². The van der Waals surface area contributed by atoms with E-state index in [4.69, 9.17) is 4.42 Å². The fourth-order valence-corrected chi connectivity index (χ4v) is 1.26. The maximum Gasteiger partial charge on any atom is 0.230 e. The number of nitrogens with one attached hydrogen (secondary N) is 1. The van der Waals surface area contributed by atoms with Crippen molar-refractivity contribution in [3.05, 3.63) is 11.8 Å². The lowest BCUT2D eigenvalue weighted by Gasteiger charge is -2.14. The molecule has 4 nitrogen and oxygen atoms in total. The summed E-state index contributed by atoms with van der Waals surface area (Å²) >= 11 is 0. The van der Waals surface area contributed by atoms with Crippen LogP contribution >= 0.6 is 0 Å². The molecule has 1 heterocycles. The van der Waals surface area contributed by atoms with Crippen LogP contribution in [0.3, 0.4) is 0 Å². The van der Waals surface area contributed by atoms with E-state index in [1.807, 2.05) is 0 Å².